The zero-order valence-corrected chi connectivity index (χ0v) is 7.48. The number of aryl methyl sites for hydroxylation is 1. The van der Waals surface area contributed by atoms with E-state index in [1.165, 1.54) is 4.70 Å². The van der Waals surface area contributed by atoms with E-state index in [0.717, 1.165) is 16.6 Å². The van der Waals surface area contributed by atoms with Gasteiger partial charge in [-0.2, -0.15) is 0 Å². The van der Waals surface area contributed by atoms with E-state index in [1.807, 2.05) is 24.4 Å². The van der Waals surface area contributed by atoms with E-state index in [1.54, 1.807) is 11.3 Å². The van der Waals surface area contributed by atoms with Gasteiger partial charge in [-0.3, -0.25) is 0 Å². The first-order valence-corrected chi connectivity index (χ1v) is 4.54. The van der Waals surface area contributed by atoms with Gasteiger partial charge in [0, 0.05) is 4.70 Å². The average molecular weight is 173 g/mol. The molecule has 0 spiro atoms. The summed E-state index contributed by atoms with van der Waals surface area (Å²) in [6.45, 7) is 9.01. The molecule has 0 fully saturated rings. The third-order valence-electron chi connectivity index (χ3n) is 1.81. The number of benzene rings is 1. The summed E-state index contributed by atoms with van der Waals surface area (Å²) in [4.78, 5) is 3.49. The predicted octanol–water partition coefficient (Wildman–Crippen LogP) is 3.76. The van der Waals surface area contributed by atoms with Crippen molar-refractivity contribution in [1.29, 1.82) is 0 Å². The van der Waals surface area contributed by atoms with Crippen LogP contribution in [0.25, 0.3) is 14.9 Å². The van der Waals surface area contributed by atoms with Crippen LogP contribution in [-0.2, 0) is 0 Å². The van der Waals surface area contributed by atoms with Crippen LogP contribution in [0.3, 0.4) is 0 Å². The molecule has 0 aliphatic heterocycles. The summed E-state index contributed by atoms with van der Waals surface area (Å²) in [7, 11) is 0. The lowest BCUT2D eigenvalue weighted by atomic mass is 10.1. The highest BCUT2D eigenvalue weighted by Crippen LogP contribution is 2.31. The molecular weight excluding hydrogens is 166 g/mol. The highest BCUT2D eigenvalue weighted by molar-refractivity contribution is 7.17. The van der Waals surface area contributed by atoms with Gasteiger partial charge in [0.2, 0.25) is 0 Å². The lowest BCUT2D eigenvalue weighted by Crippen LogP contribution is -1.69. The minimum absolute atomic E-state index is 0.770. The molecule has 2 rings (SSSR count). The number of hydrogen-bond donors (Lipinski definition) is 0. The molecule has 2 aromatic rings. The van der Waals surface area contributed by atoms with Crippen molar-refractivity contribution >= 4 is 27.1 Å². The Morgan fingerprint density at radius 3 is 3.00 bits per heavy atom. The van der Waals surface area contributed by atoms with Crippen LogP contribution in [0.1, 0.15) is 5.56 Å². The molecule has 0 aliphatic carbocycles. The Morgan fingerprint density at radius 1 is 1.42 bits per heavy atom. The summed E-state index contributed by atoms with van der Waals surface area (Å²) in [5, 5.41) is 3.11. The topological polar surface area (TPSA) is 4.36 Å². The first kappa shape index (κ1) is 7.33. The first-order chi connectivity index (χ1) is 5.81. The zero-order chi connectivity index (χ0) is 8.55. The Labute approximate surface area is 75.1 Å². The molecule has 0 aliphatic rings. The molecule has 0 unspecified atom stereocenters. The number of hydrogen-bond acceptors (Lipinski definition) is 1. The van der Waals surface area contributed by atoms with Gasteiger partial charge in [-0.1, -0.05) is 17.7 Å². The third kappa shape index (κ3) is 0.992. The smallest absolute Gasteiger partial charge is 0.195 e. The first-order valence-electron chi connectivity index (χ1n) is 3.66. The van der Waals surface area contributed by atoms with Gasteiger partial charge in [0.15, 0.2) is 5.69 Å². The second-order valence-corrected chi connectivity index (χ2v) is 3.68. The summed E-state index contributed by atoms with van der Waals surface area (Å²) in [5.41, 5.74) is 1.93. The van der Waals surface area contributed by atoms with Crippen molar-refractivity contribution in [1.82, 2.24) is 0 Å². The van der Waals surface area contributed by atoms with Crippen molar-refractivity contribution in [2.24, 2.45) is 0 Å². The van der Waals surface area contributed by atoms with Crippen LogP contribution in [0.2, 0.25) is 0 Å². The fourth-order valence-corrected chi connectivity index (χ4v) is 2.18. The van der Waals surface area contributed by atoms with Gasteiger partial charge in [-0.25, -0.2) is 4.85 Å². The van der Waals surface area contributed by atoms with Crippen molar-refractivity contribution in [2.45, 2.75) is 6.92 Å². The van der Waals surface area contributed by atoms with Crippen LogP contribution >= 0.6 is 11.3 Å². The normalized spacial score (nSPS) is 10.0. The van der Waals surface area contributed by atoms with Crippen molar-refractivity contribution < 1.29 is 0 Å². The van der Waals surface area contributed by atoms with Gasteiger partial charge < -0.3 is 0 Å². The summed E-state index contributed by atoms with van der Waals surface area (Å²) in [6, 6.07) is 6.06. The minimum atomic E-state index is 0.770. The van der Waals surface area contributed by atoms with E-state index >= 15 is 0 Å². The lowest BCUT2D eigenvalue weighted by molar-refractivity contribution is 1.52. The van der Waals surface area contributed by atoms with Crippen molar-refractivity contribution in [3.8, 4) is 0 Å². The number of thiophene rings is 1. The minimum Gasteiger partial charge on any atom is -0.237 e. The van der Waals surface area contributed by atoms with E-state index in [-0.39, 0.29) is 0 Å². The summed E-state index contributed by atoms with van der Waals surface area (Å²) in [6.07, 6.45) is 0. The summed E-state index contributed by atoms with van der Waals surface area (Å²) < 4.78 is 1.21. The van der Waals surface area contributed by atoms with Crippen LogP contribution in [0, 0.1) is 13.5 Å². The number of rotatable bonds is 0. The van der Waals surface area contributed by atoms with Crippen molar-refractivity contribution in [3.05, 3.63) is 40.6 Å². The molecule has 0 amide bonds. The van der Waals surface area contributed by atoms with Gasteiger partial charge in [-0.15, -0.1) is 11.3 Å². The van der Waals surface area contributed by atoms with Crippen molar-refractivity contribution in [3.63, 3.8) is 0 Å². The Balaban J connectivity index is 2.91. The molecule has 1 nitrogen and oxygen atoms in total. The molecule has 1 heterocycles. The monoisotopic (exact) mass is 173 g/mol. The van der Waals surface area contributed by atoms with E-state index in [9.17, 15) is 0 Å². The van der Waals surface area contributed by atoms with Gasteiger partial charge in [0.05, 0.1) is 6.57 Å². The Hall–Kier alpha value is -1.33. The van der Waals surface area contributed by atoms with E-state index < -0.39 is 0 Å². The molecule has 1 aromatic heterocycles. The summed E-state index contributed by atoms with van der Waals surface area (Å²) in [5.74, 6) is 0. The van der Waals surface area contributed by atoms with E-state index in [4.69, 9.17) is 6.57 Å². The molecule has 1 aromatic carbocycles. The van der Waals surface area contributed by atoms with Crippen LogP contribution in [-0.4, -0.2) is 0 Å². The standard InChI is InChI=1S/C10H7NS/c1-7-5-9(11-2)8-3-4-12-10(8)6-7/h3-6H,1H3. The van der Waals surface area contributed by atoms with Gasteiger partial charge in [0.1, 0.15) is 0 Å². The second kappa shape index (κ2) is 2.62. The Bertz CT molecular complexity index is 462. The van der Waals surface area contributed by atoms with Crippen LogP contribution < -0.4 is 0 Å². The van der Waals surface area contributed by atoms with Crippen LogP contribution in [0.4, 0.5) is 5.69 Å². The molecule has 0 saturated heterocycles. The van der Waals surface area contributed by atoms with Gasteiger partial charge >= 0.3 is 0 Å². The SMILES string of the molecule is [C-]#[N+]c1cc(C)cc2sccc12. The number of nitrogens with zero attached hydrogens (tertiary/aromatic N) is 1. The van der Waals surface area contributed by atoms with Crippen LogP contribution in [0.5, 0.6) is 0 Å². The molecule has 0 saturated carbocycles. The fourth-order valence-electron chi connectivity index (χ4n) is 1.28. The second-order valence-electron chi connectivity index (χ2n) is 2.73. The highest BCUT2D eigenvalue weighted by atomic mass is 32.1. The maximum atomic E-state index is 6.99. The lowest BCUT2D eigenvalue weighted by Gasteiger charge is -1.95. The molecule has 2 heteroatoms. The quantitative estimate of drug-likeness (QED) is 0.534. The number of fused-ring (bicyclic) bond motifs is 1. The Kier molecular flexibility index (Phi) is 1.60. The molecular formula is C10H7NS. The molecule has 0 radical (unpaired) electrons. The molecule has 58 valence electrons. The molecule has 12 heavy (non-hydrogen) atoms. The maximum Gasteiger partial charge on any atom is 0.195 e. The highest BCUT2D eigenvalue weighted by Gasteiger charge is 2.01. The van der Waals surface area contributed by atoms with E-state index in [0.29, 0.717) is 0 Å². The molecule has 0 N–H and O–H groups in total. The fraction of sp³-hybridized carbons (Fsp3) is 0.100. The van der Waals surface area contributed by atoms with Gasteiger partial charge in [-0.05, 0) is 23.8 Å². The maximum absolute atomic E-state index is 6.99. The van der Waals surface area contributed by atoms with Crippen LogP contribution in [0.15, 0.2) is 23.6 Å². The third-order valence-corrected chi connectivity index (χ3v) is 2.68. The largest absolute Gasteiger partial charge is 0.237 e. The summed E-state index contributed by atoms with van der Waals surface area (Å²) >= 11 is 1.69. The molecule has 0 atom stereocenters. The van der Waals surface area contributed by atoms with E-state index in [2.05, 4.69) is 10.9 Å². The molecule has 0 bridgehead atoms. The van der Waals surface area contributed by atoms with Crippen molar-refractivity contribution in [2.75, 3.05) is 0 Å². The average Bonchev–Trinajstić information content (AvgIpc) is 2.50. The van der Waals surface area contributed by atoms with Gasteiger partial charge in [0.25, 0.3) is 0 Å². The zero-order valence-electron chi connectivity index (χ0n) is 6.66. The Morgan fingerprint density at radius 2 is 2.25 bits per heavy atom. The predicted molar refractivity (Wildman–Crippen MR) is 52.8 cm³/mol.